The minimum atomic E-state index is -0.795. The summed E-state index contributed by atoms with van der Waals surface area (Å²) in [6.45, 7) is 0.0248. The first-order valence-electron chi connectivity index (χ1n) is 4.06. The maximum Gasteiger partial charge on any atom is 0.303 e. The van der Waals surface area contributed by atoms with E-state index in [0.717, 1.165) is 12.8 Å². The van der Waals surface area contributed by atoms with E-state index in [1.165, 1.54) is 6.42 Å². The van der Waals surface area contributed by atoms with Crippen LogP contribution in [0.2, 0.25) is 0 Å². The zero-order valence-corrected chi connectivity index (χ0v) is 6.49. The molecule has 11 heavy (non-hydrogen) atoms. The third kappa shape index (κ3) is 2.19. The first-order valence-corrected chi connectivity index (χ1v) is 4.06. The SMILES string of the molecule is O=C(O)CC(CO)C1CCC1. The van der Waals surface area contributed by atoms with E-state index < -0.39 is 5.97 Å². The fourth-order valence-electron chi connectivity index (χ4n) is 1.52. The summed E-state index contributed by atoms with van der Waals surface area (Å²) in [6.07, 6.45) is 3.51. The van der Waals surface area contributed by atoms with Crippen LogP contribution in [0.4, 0.5) is 0 Å². The lowest BCUT2D eigenvalue weighted by molar-refractivity contribution is -0.139. The van der Waals surface area contributed by atoms with E-state index in [0.29, 0.717) is 5.92 Å². The summed E-state index contributed by atoms with van der Waals surface area (Å²) in [5.41, 5.74) is 0. The van der Waals surface area contributed by atoms with Crippen molar-refractivity contribution in [1.29, 1.82) is 0 Å². The predicted octanol–water partition coefficient (Wildman–Crippen LogP) is 0.870. The maximum atomic E-state index is 10.3. The molecule has 0 spiro atoms. The molecule has 3 nitrogen and oxygen atoms in total. The quantitative estimate of drug-likeness (QED) is 0.638. The average molecular weight is 158 g/mol. The van der Waals surface area contributed by atoms with Gasteiger partial charge in [-0.25, -0.2) is 0 Å². The summed E-state index contributed by atoms with van der Waals surface area (Å²) in [5, 5.41) is 17.3. The molecule has 1 saturated carbocycles. The lowest BCUT2D eigenvalue weighted by atomic mass is 9.75. The van der Waals surface area contributed by atoms with E-state index in [9.17, 15) is 4.79 Å². The highest BCUT2D eigenvalue weighted by molar-refractivity contribution is 5.67. The zero-order valence-electron chi connectivity index (χ0n) is 6.49. The monoisotopic (exact) mass is 158 g/mol. The minimum Gasteiger partial charge on any atom is -0.481 e. The van der Waals surface area contributed by atoms with Crippen LogP contribution in [0.5, 0.6) is 0 Å². The molecule has 64 valence electrons. The second kappa shape index (κ2) is 3.72. The van der Waals surface area contributed by atoms with Gasteiger partial charge in [0.1, 0.15) is 0 Å². The van der Waals surface area contributed by atoms with Gasteiger partial charge < -0.3 is 10.2 Å². The summed E-state index contributed by atoms with van der Waals surface area (Å²) < 4.78 is 0. The van der Waals surface area contributed by atoms with Gasteiger partial charge in [0.05, 0.1) is 6.42 Å². The predicted molar refractivity (Wildman–Crippen MR) is 40.2 cm³/mol. The van der Waals surface area contributed by atoms with E-state index in [1.54, 1.807) is 0 Å². The molecule has 1 unspecified atom stereocenters. The number of rotatable bonds is 4. The standard InChI is InChI=1S/C8H14O3/c9-5-7(4-8(10)11)6-2-1-3-6/h6-7,9H,1-5H2,(H,10,11). The van der Waals surface area contributed by atoms with Crippen molar-refractivity contribution < 1.29 is 15.0 Å². The van der Waals surface area contributed by atoms with Crippen molar-refractivity contribution >= 4 is 5.97 Å². The molecule has 1 aliphatic rings. The normalized spacial score (nSPS) is 20.8. The fraction of sp³-hybridized carbons (Fsp3) is 0.875. The molecule has 3 heteroatoms. The van der Waals surface area contributed by atoms with Gasteiger partial charge in [-0.2, -0.15) is 0 Å². The molecule has 0 bridgehead atoms. The second-order valence-electron chi connectivity index (χ2n) is 3.23. The molecule has 0 aromatic heterocycles. The van der Waals surface area contributed by atoms with Crippen molar-refractivity contribution in [2.75, 3.05) is 6.61 Å². The van der Waals surface area contributed by atoms with Crippen LogP contribution in [-0.4, -0.2) is 22.8 Å². The molecule has 1 aliphatic carbocycles. The summed E-state index contributed by atoms with van der Waals surface area (Å²) in [7, 11) is 0. The van der Waals surface area contributed by atoms with Gasteiger partial charge in [-0.15, -0.1) is 0 Å². The number of carbonyl (C=O) groups is 1. The highest BCUT2D eigenvalue weighted by Crippen LogP contribution is 2.34. The molecule has 1 fully saturated rings. The molecule has 0 aromatic rings. The molecule has 1 atom stereocenters. The van der Waals surface area contributed by atoms with E-state index in [4.69, 9.17) is 10.2 Å². The van der Waals surface area contributed by atoms with Crippen LogP contribution in [0.1, 0.15) is 25.7 Å². The molecular formula is C8H14O3. The van der Waals surface area contributed by atoms with Gasteiger partial charge >= 0.3 is 5.97 Å². The topological polar surface area (TPSA) is 57.5 Å². The van der Waals surface area contributed by atoms with Crippen LogP contribution in [0.3, 0.4) is 0 Å². The Labute approximate surface area is 66.0 Å². The van der Waals surface area contributed by atoms with Gasteiger partial charge in [0, 0.05) is 6.61 Å². The molecule has 0 saturated heterocycles. The highest BCUT2D eigenvalue weighted by Gasteiger charge is 2.28. The Hall–Kier alpha value is -0.570. The van der Waals surface area contributed by atoms with E-state index >= 15 is 0 Å². The Kier molecular flexibility index (Phi) is 2.88. The Morgan fingerprint density at radius 3 is 2.45 bits per heavy atom. The Bertz CT molecular complexity index is 140. The molecular weight excluding hydrogens is 144 g/mol. The molecule has 0 amide bonds. The number of aliphatic hydroxyl groups is 1. The van der Waals surface area contributed by atoms with Crippen LogP contribution in [0.25, 0.3) is 0 Å². The lowest BCUT2D eigenvalue weighted by Gasteiger charge is -2.31. The molecule has 0 aromatic carbocycles. The molecule has 0 radical (unpaired) electrons. The lowest BCUT2D eigenvalue weighted by Crippen LogP contribution is -2.26. The van der Waals surface area contributed by atoms with Crippen LogP contribution >= 0.6 is 0 Å². The fourth-order valence-corrected chi connectivity index (χ4v) is 1.52. The minimum absolute atomic E-state index is 0.00116. The summed E-state index contributed by atoms with van der Waals surface area (Å²) >= 11 is 0. The smallest absolute Gasteiger partial charge is 0.303 e. The zero-order chi connectivity index (χ0) is 8.27. The number of carboxylic acids is 1. The maximum absolute atomic E-state index is 10.3. The van der Waals surface area contributed by atoms with Gasteiger partial charge in [-0.3, -0.25) is 4.79 Å². The molecule has 1 rings (SSSR count). The van der Waals surface area contributed by atoms with Crippen molar-refractivity contribution in [3.8, 4) is 0 Å². The number of hydrogen-bond donors (Lipinski definition) is 2. The summed E-state index contributed by atoms with van der Waals surface area (Å²) in [5.74, 6) is -0.326. The average Bonchev–Trinajstić information content (AvgIpc) is 1.81. The number of carboxylic acid groups (broad SMARTS) is 1. The van der Waals surface area contributed by atoms with Gasteiger partial charge in [-0.1, -0.05) is 19.3 Å². The van der Waals surface area contributed by atoms with Crippen molar-refractivity contribution in [1.82, 2.24) is 0 Å². The second-order valence-corrected chi connectivity index (χ2v) is 3.23. The summed E-state index contributed by atoms with van der Waals surface area (Å²) in [6, 6.07) is 0. The largest absolute Gasteiger partial charge is 0.481 e. The van der Waals surface area contributed by atoms with Crippen molar-refractivity contribution in [3.05, 3.63) is 0 Å². The molecule has 2 N–H and O–H groups in total. The van der Waals surface area contributed by atoms with Gasteiger partial charge in [0.25, 0.3) is 0 Å². The Morgan fingerprint density at radius 2 is 2.18 bits per heavy atom. The number of hydrogen-bond acceptors (Lipinski definition) is 2. The van der Waals surface area contributed by atoms with Crippen molar-refractivity contribution in [2.24, 2.45) is 11.8 Å². The molecule has 0 heterocycles. The number of aliphatic carboxylic acids is 1. The van der Waals surface area contributed by atoms with Crippen molar-refractivity contribution in [3.63, 3.8) is 0 Å². The Balaban J connectivity index is 2.29. The van der Waals surface area contributed by atoms with E-state index in [-0.39, 0.29) is 18.9 Å². The van der Waals surface area contributed by atoms with Crippen LogP contribution in [-0.2, 0) is 4.79 Å². The first-order chi connectivity index (χ1) is 5.24. The Morgan fingerprint density at radius 1 is 1.55 bits per heavy atom. The number of aliphatic hydroxyl groups excluding tert-OH is 1. The van der Waals surface area contributed by atoms with E-state index in [2.05, 4.69) is 0 Å². The third-order valence-corrected chi connectivity index (χ3v) is 2.49. The van der Waals surface area contributed by atoms with Gasteiger partial charge in [0.15, 0.2) is 0 Å². The third-order valence-electron chi connectivity index (χ3n) is 2.49. The molecule has 0 aliphatic heterocycles. The van der Waals surface area contributed by atoms with Crippen LogP contribution in [0, 0.1) is 11.8 Å². The first kappa shape index (κ1) is 8.53. The van der Waals surface area contributed by atoms with Gasteiger partial charge in [0.2, 0.25) is 0 Å². The van der Waals surface area contributed by atoms with E-state index in [1.807, 2.05) is 0 Å². The van der Waals surface area contributed by atoms with Crippen LogP contribution < -0.4 is 0 Å². The summed E-state index contributed by atoms with van der Waals surface area (Å²) in [4.78, 5) is 10.3. The highest BCUT2D eigenvalue weighted by atomic mass is 16.4. The van der Waals surface area contributed by atoms with Crippen LogP contribution in [0.15, 0.2) is 0 Å². The van der Waals surface area contributed by atoms with Crippen molar-refractivity contribution in [2.45, 2.75) is 25.7 Å². The van der Waals surface area contributed by atoms with Gasteiger partial charge in [-0.05, 0) is 11.8 Å².